The van der Waals surface area contributed by atoms with Crippen LogP contribution in [0.2, 0.25) is 0 Å². The zero-order chi connectivity index (χ0) is 16.2. The van der Waals surface area contributed by atoms with E-state index in [0.717, 1.165) is 6.92 Å². The summed E-state index contributed by atoms with van der Waals surface area (Å²) in [5.41, 5.74) is 0. The van der Waals surface area contributed by atoms with Crippen molar-refractivity contribution < 1.29 is 49.3 Å². The van der Waals surface area contributed by atoms with Crippen LogP contribution in [-0.4, -0.2) is 37.6 Å². The number of alkyl halides is 8. The molecule has 0 aliphatic carbocycles. The van der Waals surface area contributed by atoms with Crippen LogP contribution in [0.1, 0.15) is 20.3 Å². The van der Waals surface area contributed by atoms with Crippen molar-refractivity contribution in [2.45, 2.75) is 44.7 Å². The van der Waals surface area contributed by atoms with Gasteiger partial charge in [-0.2, -0.15) is 35.1 Å². The maximum absolute atomic E-state index is 12.8. The first kappa shape index (κ1) is 19.3. The molecule has 0 rings (SSSR count). The number of halogens is 8. The molecule has 0 aliphatic rings. The van der Waals surface area contributed by atoms with Crippen molar-refractivity contribution in [1.82, 2.24) is 0 Å². The first-order chi connectivity index (χ1) is 8.68. The van der Waals surface area contributed by atoms with E-state index < -0.39 is 44.1 Å². The molecule has 0 aromatic heterocycles. The minimum absolute atomic E-state index is 0.000423. The molecule has 0 aromatic carbocycles. The van der Waals surface area contributed by atoms with Gasteiger partial charge in [-0.1, -0.05) is 6.92 Å². The highest BCUT2D eigenvalue weighted by Gasteiger charge is 2.45. The highest BCUT2D eigenvalue weighted by atomic mass is 19.3. The lowest BCUT2D eigenvalue weighted by Crippen LogP contribution is -2.39. The fourth-order valence-electron chi connectivity index (χ4n) is 0.900. The molecule has 0 N–H and O–H groups in total. The van der Waals surface area contributed by atoms with E-state index in [-0.39, 0.29) is 6.92 Å². The molecule has 0 saturated heterocycles. The molecule has 0 fully saturated rings. The molecule has 0 aliphatic heterocycles. The van der Waals surface area contributed by atoms with Gasteiger partial charge < -0.3 is 4.74 Å². The summed E-state index contributed by atoms with van der Waals surface area (Å²) in [5.74, 6) is 0. The molecule has 0 heterocycles. The highest BCUT2D eigenvalue weighted by Crippen LogP contribution is 2.31. The van der Waals surface area contributed by atoms with Crippen LogP contribution in [-0.2, 0) is 14.2 Å². The van der Waals surface area contributed by atoms with Crippen molar-refractivity contribution >= 4 is 0 Å². The third-order valence-electron chi connectivity index (χ3n) is 1.58. The summed E-state index contributed by atoms with van der Waals surface area (Å²) in [5, 5.41) is 0. The van der Waals surface area contributed by atoms with Crippen LogP contribution in [0.5, 0.6) is 0 Å². The van der Waals surface area contributed by atoms with E-state index in [2.05, 4.69) is 14.2 Å². The van der Waals surface area contributed by atoms with Crippen LogP contribution < -0.4 is 0 Å². The zero-order valence-electron chi connectivity index (χ0n) is 10.4. The topological polar surface area (TPSA) is 27.7 Å². The van der Waals surface area contributed by atoms with Gasteiger partial charge in [-0.25, -0.2) is 0 Å². The Labute approximate surface area is 108 Å². The van der Waals surface area contributed by atoms with Crippen LogP contribution in [0.3, 0.4) is 0 Å². The van der Waals surface area contributed by atoms with E-state index >= 15 is 0 Å². The summed E-state index contributed by atoms with van der Waals surface area (Å²) >= 11 is 0. The summed E-state index contributed by atoms with van der Waals surface area (Å²) in [6, 6.07) is 0. The van der Waals surface area contributed by atoms with Crippen LogP contribution in [0.25, 0.3) is 0 Å². The second-order valence-corrected chi connectivity index (χ2v) is 3.77. The van der Waals surface area contributed by atoms with Crippen LogP contribution in [0, 0.1) is 0 Å². The molecule has 0 bridgehead atoms. The molecule has 0 aromatic rings. The lowest BCUT2D eigenvalue weighted by molar-refractivity contribution is -0.400. The van der Waals surface area contributed by atoms with E-state index in [1.807, 2.05) is 0 Å². The van der Waals surface area contributed by atoms with Crippen molar-refractivity contribution in [3.8, 4) is 0 Å². The molecule has 0 unspecified atom stereocenters. The molecular formula is C9H12F8O3. The fraction of sp³-hybridized carbons (Fsp3) is 1.00. The average molecular weight is 320 g/mol. The molecule has 0 radical (unpaired) electrons. The monoisotopic (exact) mass is 320 g/mol. The standard InChI is InChI=1S/C9H12F8O3/c1-3-7(12,13)20-9(16,17)5-18-4-8(14,15)19-6(2,10)11/h3-5H2,1-2H3. The Bertz CT molecular complexity index is 302. The fourth-order valence-corrected chi connectivity index (χ4v) is 0.900. The van der Waals surface area contributed by atoms with Crippen LogP contribution >= 0.6 is 0 Å². The second kappa shape index (κ2) is 6.39. The van der Waals surface area contributed by atoms with Crippen molar-refractivity contribution in [1.29, 1.82) is 0 Å². The minimum atomic E-state index is -4.57. The van der Waals surface area contributed by atoms with E-state index in [4.69, 9.17) is 0 Å². The lowest BCUT2D eigenvalue weighted by atomic mass is 10.4. The number of hydrogen-bond acceptors (Lipinski definition) is 3. The van der Waals surface area contributed by atoms with Gasteiger partial charge in [-0.05, 0) is 0 Å². The van der Waals surface area contributed by atoms with Crippen LogP contribution in [0.15, 0.2) is 0 Å². The summed E-state index contributed by atoms with van der Waals surface area (Å²) in [6.07, 6.45) is -18.6. The zero-order valence-corrected chi connectivity index (χ0v) is 10.4. The van der Waals surface area contributed by atoms with Gasteiger partial charge in [0.25, 0.3) is 0 Å². The molecule has 0 spiro atoms. The maximum atomic E-state index is 12.8. The first-order valence-electron chi connectivity index (χ1n) is 5.17. The number of rotatable bonds is 9. The van der Waals surface area contributed by atoms with Crippen LogP contribution in [0.4, 0.5) is 35.1 Å². The maximum Gasteiger partial charge on any atom is 0.383 e. The highest BCUT2D eigenvalue weighted by molar-refractivity contribution is 4.59. The van der Waals surface area contributed by atoms with Gasteiger partial charge in [0, 0.05) is 13.3 Å². The Morgan fingerprint density at radius 1 is 0.700 bits per heavy atom. The second-order valence-electron chi connectivity index (χ2n) is 3.77. The Kier molecular flexibility index (Phi) is 6.18. The average Bonchev–Trinajstić information content (AvgIpc) is 2.10. The SMILES string of the molecule is CCC(F)(F)OC(F)(F)COCC(F)(F)OC(C)(F)F. The predicted molar refractivity (Wildman–Crippen MR) is 48.7 cm³/mol. The Hall–Kier alpha value is -0.680. The van der Waals surface area contributed by atoms with E-state index in [1.165, 1.54) is 0 Å². The Balaban J connectivity index is 4.28. The van der Waals surface area contributed by atoms with Gasteiger partial charge in [0.05, 0.1) is 0 Å². The van der Waals surface area contributed by atoms with Gasteiger partial charge in [0.15, 0.2) is 0 Å². The molecule has 0 saturated carbocycles. The van der Waals surface area contributed by atoms with Gasteiger partial charge in [-0.3, -0.25) is 9.47 Å². The Morgan fingerprint density at radius 3 is 1.45 bits per heavy atom. The van der Waals surface area contributed by atoms with Crippen molar-refractivity contribution in [2.75, 3.05) is 13.2 Å². The molecular weight excluding hydrogens is 308 g/mol. The summed E-state index contributed by atoms with van der Waals surface area (Å²) < 4.78 is 110. The minimum Gasteiger partial charge on any atom is -0.363 e. The summed E-state index contributed by atoms with van der Waals surface area (Å²) in [7, 11) is 0. The molecule has 11 heteroatoms. The van der Waals surface area contributed by atoms with Crippen molar-refractivity contribution in [3.05, 3.63) is 0 Å². The third-order valence-corrected chi connectivity index (χ3v) is 1.58. The molecule has 3 nitrogen and oxygen atoms in total. The summed E-state index contributed by atoms with van der Waals surface area (Å²) in [4.78, 5) is 0. The molecule has 20 heavy (non-hydrogen) atoms. The van der Waals surface area contributed by atoms with Crippen molar-refractivity contribution in [2.24, 2.45) is 0 Å². The summed E-state index contributed by atoms with van der Waals surface area (Å²) in [6.45, 7) is -3.10. The Morgan fingerprint density at radius 2 is 1.10 bits per heavy atom. The third kappa shape index (κ3) is 9.26. The predicted octanol–water partition coefficient (Wildman–Crippen LogP) is 3.84. The molecule has 122 valence electrons. The normalized spacial score (nSPS) is 14.7. The molecule has 0 atom stereocenters. The van der Waals surface area contributed by atoms with E-state index in [1.54, 1.807) is 0 Å². The number of ether oxygens (including phenoxy) is 3. The smallest absolute Gasteiger partial charge is 0.363 e. The number of hydrogen-bond donors (Lipinski definition) is 0. The van der Waals surface area contributed by atoms with E-state index in [0.29, 0.717) is 0 Å². The lowest BCUT2D eigenvalue weighted by Gasteiger charge is -2.24. The first-order valence-corrected chi connectivity index (χ1v) is 5.17. The molecule has 0 amide bonds. The van der Waals surface area contributed by atoms with E-state index in [9.17, 15) is 35.1 Å². The van der Waals surface area contributed by atoms with Gasteiger partial charge in [0.1, 0.15) is 13.2 Å². The van der Waals surface area contributed by atoms with Gasteiger partial charge >= 0.3 is 24.4 Å². The largest absolute Gasteiger partial charge is 0.383 e. The van der Waals surface area contributed by atoms with Gasteiger partial charge in [-0.15, -0.1) is 0 Å². The van der Waals surface area contributed by atoms with Crippen molar-refractivity contribution in [3.63, 3.8) is 0 Å². The van der Waals surface area contributed by atoms with Gasteiger partial charge in [0.2, 0.25) is 0 Å². The quantitative estimate of drug-likeness (QED) is 0.604.